The molecule has 0 heterocycles. The zero-order valence-electron chi connectivity index (χ0n) is 16.3. The van der Waals surface area contributed by atoms with Gasteiger partial charge in [-0.15, -0.1) is 0 Å². The Balaban J connectivity index is 1.79. The summed E-state index contributed by atoms with van der Waals surface area (Å²) in [5.74, 6) is -0.688. The Bertz CT molecular complexity index is 831. The molecule has 5 heteroatoms. The first-order valence-electron chi connectivity index (χ1n) is 9.00. The van der Waals surface area contributed by atoms with E-state index in [1.807, 2.05) is 52.0 Å². The maximum absolute atomic E-state index is 12.1. The molecule has 0 aliphatic rings. The first kappa shape index (κ1) is 20.4. The molecule has 0 aromatic heterocycles. The molecular formula is C22H26N2O3. The summed E-state index contributed by atoms with van der Waals surface area (Å²) in [6.45, 7) is 7.70. The molecule has 0 radical (unpaired) electrons. The number of aryl methyl sites for hydroxylation is 4. The largest absolute Gasteiger partial charge is 0.347 e. The zero-order valence-corrected chi connectivity index (χ0v) is 16.3. The molecular weight excluding hydrogens is 340 g/mol. The number of hydrogen-bond acceptors (Lipinski definition) is 3. The average Bonchev–Trinajstić information content (AvgIpc) is 2.61. The van der Waals surface area contributed by atoms with E-state index in [1.165, 1.54) is 0 Å². The standard InChI is InChI=1S/C22H26N2O3/c1-14-5-7-18(8-6-14)19(25)9-10-20(26)23-13-21(27)24-22-16(3)11-15(2)12-17(22)4/h5-8,11-12H,9-10,13H2,1-4H3,(H,23,26)(H,24,27). The summed E-state index contributed by atoms with van der Waals surface area (Å²) in [5, 5.41) is 5.40. The number of ketones is 1. The highest BCUT2D eigenvalue weighted by atomic mass is 16.2. The van der Waals surface area contributed by atoms with Crippen LogP contribution in [0.4, 0.5) is 5.69 Å². The molecule has 27 heavy (non-hydrogen) atoms. The number of amides is 2. The van der Waals surface area contributed by atoms with Crippen molar-refractivity contribution in [2.45, 2.75) is 40.5 Å². The van der Waals surface area contributed by atoms with Crippen LogP contribution >= 0.6 is 0 Å². The highest BCUT2D eigenvalue weighted by Gasteiger charge is 2.12. The van der Waals surface area contributed by atoms with Gasteiger partial charge in [-0.2, -0.15) is 0 Å². The molecule has 0 bridgehead atoms. The summed E-state index contributed by atoms with van der Waals surface area (Å²) in [4.78, 5) is 36.1. The summed E-state index contributed by atoms with van der Waals surface area (Å²) < 4.78 is 0. The molecule has 5 nitrogen and oxygen atoms in total. The minimum atomic E-state index is -0.317. The average molecular weight is 366 g/mol. The van der Waals surface area contributed by atoms with Crippen LogP contribution in [0, 0.1) is 27.7 Å². The monoisotopic (exact) mass is 366 g/mol. The Kier molecular flexibility index (Phi) is 6.88. The lowest BCUT2D eigenvalue weighted by Gasteiger charge is -2.13. The lowest BCUT2D eigenvalue weighted by Crippen LogP contribution is -2.33. The number of Topliss-reactive ketones (excluding diaryl/α,β-unsaturated/α-hetero) is 1. The van der Waals surface area contributed by atoms with E-state index in [0.717, 1.165) is 27.9 Å². The normalized spacial score (nSPS) is 10.4. The Morgan fingerprint density at radius 1 is 0.778 bits per heavy atom. The van der Waals surface area contributed by atoms with Crippen LogP contribution < -0.4 is 10.6 Å². The van der Waals surface area contributed by atoms with Gasteiger partial charge in [0.2, 0.25) is 11.8 Å². The molecule has 0 atom stereocenters. The first-order chi connectivity index (χ1) is 12.8. The lowest BCUT2D eigenvalue weighted by atomic mass is 10.0. The molecule has 0 unspecified atom stereocenters. The summed E-state index contributed by atoms with van der Waals surface area (Å²) in [5.41, 5.74) is 5.54. The van der Waals surface area contributed by atoms with Gasteiger partial charge < -0.3 is 10.6 Å². The van der Waals surface area contributed by atoms with Crippen molar-refractivity contribution in [2.24, 2.45) is 0 Å². The Morgan fingerprint density at radius 2 is 1.37 bits per heavy atom. The van der Waals surface area contributed by atoms with Crippen LogP contribution in [0.15, 0.2) is 36.4 Å². The number of rotatable bonds is 7. The van der Waals surface area contributed by atoms with Gasteiger partial charge in [0.1, 0.15) is 0 Å². The van der Waals surface area contributed by atoms with Crippen LogP contribution in [0.3, 0.4) is 0 Å². The van der Waals surface area contributed by atoms with E-state index >= 15 is 0 Å². The number of carbonyl (C=O) groups excluding carboxylic acids is 3. The third-order valence-electron chi connectivity index (χ3n) is 4.34. The Morgan fingerprint density at radius 3 is 1.96 bits per heavy atom. The SMILES string of the molecule is Cc1ccc(C(=O)CCC(=O)NCC(=O)Nc2c(C)cc(C)cc2C)cc1. The number of hydrogen-bond donors (Lipinski definition) is 2. The van der Waals surface area contributed by atoms with Crippen molar-refractivity contribution in [3.63, 3.8) is 0 Å². The van der Waals surface area contributed by atoms with E-state index in [4.69, 9.17) is 0 Å². The molecule has 0 saturated heterocycles. The minimum Gasteiger partial charge on any atom is -0.347 e. The minimum absolute atomic E-state index is 0.0581. The van der Waals surface area contributed by atoms with Gasteiger partial charge in [0.05, 0.1) is 6.54 Å². The van der Waals surface area contributed by atoms with Crippen LogP contribution in [-0.4, -0.2) is 24.1 Å². The van der Waals surface area contributed by atoms with E-state index in [-0.39, 0.29) is 37.0 Å². The van der Waals surface area contributed by atoms with Crippen LogP contribution in [-0.2, 0) is 9.59 Å². The predicted octanol–water partition coefficient (Wildman–Crippen LogP) is 3.64. The fourth-order valence-corrected chi connectivity index (χ4v) is 2.94. The third kappa shape index (κ3) is 6.06. The molecule has 0 fully saturated rings. The summed E-state index contributed by atoms with van der Waals surface area (Å²) >= 11 is 0. The van der Waals surface area contributed by atoms with Crippen molar-refractivity contribution < 1.29 is 14.4 Å². The fraction of sp³-hybridized carbons (Fsp3) is 0.318. The molecule has 0 saturated carbocycles. The van der Waals surface area contributed by atoms with Gasteiger partial charge in [0.25, 0.3) is 0 Å². The van der Waals surface area contributed by atoms with Crippen molar-refractivity contribution in [1.82, 2.24) is 5.32 Å². The van der Waals surface area contributed by atoms with Crippen LogP contribution in [0.25, 0.3) is 0 Å². The second-order valence-corrected chi connectivity index (χ2v) is 6.89. The highest BCUT2D eigenvalue weighted by molar-refractivity contribution is 5.99. The molecule has 0 spiro atoms. The molecule has 142 valence electrons. The summed E-state index contributed by atoms with van der Waals surface area (Å²) in [6, 6.07) is 11.2. The molecule has 0 aliphatic heterocycles. The Labute approximate surface area is 160 Å². The molecule has 0 aliphatic carbocycles. The van der Waals surface area contributed by atoms with Crippen LogP contribution in [0.1, 0.15) is 45.5 Å². The number of nitrogens with one attached hydrogen (secondary N) is 2. The second kappa shape index (κ2) is 9.12. The lowest BCUT2D eigenvalue weighted by molar-refractivity contribution is -0.124. The predicted molar refractivity (Wildman–Crippen MR) is 107 cm³/mol. The fourth-order valence-electron chi connectivity index (χ4n) is 2.94. The summed E-state index contributed by atoms with van der Waals surface area (Å²) in [6.07, 6.45) is 0.176. The smallest absolute Gasteiger partial charge is 0.243 e. The second-order valence-electron chi connectivity index (χ2n) is 6.89. The van der Waals surface area contributed by atoms with Crippen molar-refractivity contribution in [3.8, 4) is 0 Å². The van der Waals surface area contributed by atoms with Gasteiger partial charge in [-0.25, -0.2) is 0 Å². The molecule has 2 N–H and O–H groups in total. The zero-order chi connectivity index (χ0) is 20.0. The van der Waals surface area contributed by atoms with Crippen molar-refractivity contribution in [2.75, 3.05) is 11.9 Å². The van der Waals surface area contributed by atoms with Gasteiger partial charge in [0, 0.05) is 24.1 Å². The topological polar surface area (TPSA) is 75.3 Å². The van der Waals surface area contributed by atoms with Gasteiger partial charge in [-0.3, -0.25) is 14.4 Å². The number of benzene rings is 2. The van der Waals surface area contributed by atoms with Crippen LogP contribution in [0.5, 0.6) is 0 Å². The van der Waals surface area contributed by atoms with Gasteiger partial charge >= 0.3 is 0 Å². The number of anilines is 1. The maximum Gasteiger partial charge on any atom is 0.243 e. The molecule has 2 amide bonds. The third-order valence-corrected chi connectivity index (χ3v) is 4.34. The first-order valence-corrected chi connectivity index (χ1v) is 9.00. The van der Waals surface area contributed by atoms with Crippen molar-refractivity contribution in [1.29, 1.82) is 0 Å². The maximum atomic E-state index is 12.1. The van der Waals surface area contributed by atoms with Gasteiger partial charge in [-0.1, -0.05) is 47.5 Å². The van der Waals surface area contributed by atoms with E-state index < -0.39 is 0 Å². The quantitative estimate of drug-likeness (QED) is 0.735. The molecule has 2 rings (SSSR count). The Hall–Kier alpha value is -2.95. The van der Waals surface area contributed by atoms with Gasteiger partial charge in [-0.05, 0) is 38.8 Å². The van der Waals surface area contributed by atoms with E-state index in [1.54, 1.807) is 12.1 Å². The molecule has 2 aromatic rings. The summed E-state index contributed by atoms with van der Waals surface area (Å²) in [7, 11) is 0. The van der Waals surface area contributed by atoms with E-state index in [0.29, 0.717) is 5.56 Å². The molecule has 2 aromatic carbocycles. The highest BCUT2D eigenvalue weighted by Crippen LogP contribution is 2.21. The van der Waals surface area contributed by atoms with E-state index in [9.17, 15) is 14.4 Å². The van der Waals surface area contributed by atoms with Crippen molar-refractivity contribution in [3.05, 3.63) is 64.2 Å². The van der Waals surface area contributed by atoms with Crippen LogP contribution in [0.2, 0.25) is 0 Å². The van der Waals surface area contributed by atoms with Crippen molar-refractivity contribution >= 4 is 23.3 Å². The van der Waals surface area contributed by atoms with E-state index in [2.05, 4.69) is 10.6 Å². The van der Waals surface area contributed by atoms with Gasteiger partial charge in [0.15, 0.2) is 5.78 Å². The number of carbonyl (C=O) groups is 3.